The van der Waals surface area contributed by atoms with E-state index in [1.54, 1.807) is 18.2 Å². The van der Waals surface area contributed by atoms with Gasteiger partial charge in [0.05, 0.1) is 5.56 Å². The quantitative estimate of drug-likeness (QED) is 0.913. The fourth-order valence-corrected chi connectivity index (χ4v) is 2.20. The average Bonchev–Trinajstić information content (AvgIpc) is 2.41. The minimum absolute atomic E-state index is 0.322. The van der Waals surface area contributed by atoms with E-state index < -0.39 is 5.97 Å². The van der Waals surface area contributed by atoms with Gasteiger partial charge >= 0.3 is 5.97 Å². The zero-order valence-corrected chi connectivity index (χ0v) is 12.0. The Labute approximate surface area is 123 Å². The zero-order chi connectivity index (χ0) is 14.5. The Morgan fingerprint density at radius 3 is 2.40 bits per heavy atom. The summed E-state index contributed by atoms with van der Waals surface area (Å²) in [6, 6.07) is 14.7. The number of aromatic carboxylic acids is 1. The highest BCUT2D eigenvalue weighted by Crippen LogP contribution is 2.13. The van der Waals surface area contributed by atoms with Gasteiger partial charge in [-0.25, -0.2) is 4.79 Å². The van der Waals surface area contributed by atoms with E-state index in [1.807, 2.05) is 37.4 Å². The highest BCUT2D eigenvalue weighted by Gasteiger charge is 2.06. The summed E-state index contributed by atoms with van der Waals surface area (Å²) < 4.78 is 0. The van der Waals surface area contributed by atoms with Crippen LogP contribution in [-0.2, 0) is 13.1 Å². The van der Waals surface area contributed by atoms with E-state index in [-0.39, 0.29) is 0 Å². The van der Waals surface area contributed by atoms with Gasteiger partial charge in [0.2, 0.25) is 0 Å². The maximum atomic E-state index is 10.9. The Kier molecular flexibility index (Phi) is 4.77. The first-order valence-corrected chi connectivity index (χ1v) is 6.67. The van der Waals surface area contributed by atoms with Crippen LogP contribution in [0.25, 0.3) is 0 Å². The van der Waals surface area contributed by atoms with E-state index in [2.05, 4.69) is 4.90 Å². The third kappa shape index (κ3) is 4.08. The van der Waals surface area contributed by atoms with Crippen molar-refractivity contribution in [2.45, 2.75) is 13.1 Å². The van der Waals surface area contributed by atoms with E-state index in [0.717, 1.165) is 17.1 Å². The second-order valence-electron chi connectivity index (χ2n) is 4.80. The van der Waals surface area contributed by atoms with Crippen molar-refractivity contribution >= 4 is 17.6 Å². The molecule has 0 amide bonds. The van der Waals surface area contributed by atoms with E-state index >= 15 is 0 Å². The molecule has 2 aromatic rings. The average molecular weight is 290 g/mol. The smallest absolute Gasteiger partial charge is 0.335 e. The van der Waals surface area contributed by atoms with Gasteiger partial charge in [0.25, 0.3) is 0 Å². The standard InChI is InChI=1S/C16H16ClNO2/c1-18(10-12-5-7-15(17)8-6-12)11-13-3-2-4-14(9-13)16(19)20/h2-9H,10-11H2,1H3,(H,19,20). The monoisotopic (exact) mass is 289 g/mol. The van der Waals surface area contributed by atoms with Crippen molar-refractivity contribution in [1.82, 2.24) is 4.90 Å². The first-order chi connectivity index (χ1) is 9.54. The summed E-state index contributed by atoms with van der Waals surface area (Å²) in [5.41, 5.74) is 2.48. The van der Waals surface area contributed by atoms with Gasteiger partial charge in [0.1, 0.15) is 0 Å². The maximum absolute atomic E-state index is 10.9. The molecule has 2 rings (SSSR count). The largest absolute Gasteiger partial charge is 0.478 e. The number of hydrogen-bond acceptors (Lipinski definition) is 2. The Morgan fingerprint density at radius 2 is 1.75 bits per heavy atom. The minimum Gasteiger partial charge on any atom is -0.478 e. The summed E-state index contributed by atoms with van der Waals surface area (Å²) in [7, 11) is 2.00. The summed E-state index contributed by atoms with van der Waals surface area (Å²) in [6.45, 7) is 1.48. The van der Waals surface area contributed by atoms with E-state index in [4.69, 9.17) is 16.7 Å². The third-order valence-corrected chi connectivity index (χ3v) is 3.24. The molecule has 0 saturated carbocycles. The van der Waals surface area contributed by atoms with Gasteiger partial charge in [0, 0.05) is 18.1 Å². The summed E-state index contributed by atoms with van der Waals surface area (Å²) in [6.07, 6.45) is 0. The SMILES string of the molecule is CN(Cc1ccc(Cl)cc1)Cc1cccc(C(=O)O)c1. The van der Waals surface area contributed by atoms with Crippen LogP contribution >= 0.6 is 11.6 Å². The lowest BCUT2D eigenvalue weighted by Gasteiger charge is -2.17. The number of benzene rings is 2. The van der Waals surface area contributed by atoms with Crippen LogP contribution in [0.15, 0.2) is 48.5 Å². The molecule has 4 heteroatoms. The molecule has 0 bridgehead atoms. The molecule has 0 spiro atoms. The highest BCUT2D eigenvalue weighted by molar-refractivity contribution is 6.30. The van der Waals surface area contributed by atoms with E-state index in [9.17, 15) is 4.79 Å². The number of hydrogen-bond donors (Lipinski definition) is 1. The van der Waals surface area contributed by atoms with Crippen LogP contribution in [0.5, 0.6) is 0 Å². The molecule has 20 heavy (non-hydrogen) atoms. The molecule has 0 fully saturated rings. The van der Waals surface area contributed by atoms with Crippen LogP contribution < -0.4 is 0 Å². The first-order valence-electron chi connectivity index (χ1n) is 6.30. The minimum atomic E-state index is -0.896. The molecule has 3 nitrogen and oxygen atoms in total. The summed E-state index contributed by atoms with van der Waals surface area (Å²) in [5.74, 6) is -0.896. The third-order valence-electron chi connectivity index (χ3n) is 2.99. The Bertz CT molecular complexity index is 596. The number of carboxylic acid groups (broad SMARTS) is 1. The van der Waals surface area contributed by atoms with Gasteiger partial charge in [-0.15, -0.1) is 0 Å². The molecule has 0 atom stereocenters. The molecule has 0 aliphatic carbocycles. The van der Waals surface area contributed by atoms with Crippen molar-refractivity contribution in [3.8, 4) is 0 Å². The van der Waals surface area contributed by atoms with E-state index in [0.29, 0.717) is 12.1 Å². The van der Waals surface area contributed by atoms with Gasteiger partial charge in [-0.2, -0.15) is 0 Å². The van der Waals surface area contributed by atoms with Crippen molar-refractivity contribution in [3.63, 3.8) is 0 Å². The lowest BCUT2D eigenvalue weighted by molar-refractivity contribution is 0.0696. The van der Waals surface area contributed by atoms with Gasteiger partial charge in [0.15, 0.2) is 0 Å². The maximum Gasteiger partial charge on any atom is 0.335 e. The Balaban J connectivity index is 2.00. The van der Waals surface area contributed by atoms with Crippen LogP contribution in [0, 0.1) is 0 Å². The molecule has 0 heterocycles. The first kappa shape index (κ1) is 14.6. The van der Waals surface area contributed by atoms with E-state index in [1.165, 1.54) is 5.56 Å². The van der Waals surface area contributed by atoms with Gasteiger partial charge in [-0.1, -0.05) is 35.9 Å². The van der Waals surface area contributed by atoms with Gasteiger partial charge in [-0.3, -0.25) is 4.90 Å². The summed E-state index contributed by atoms with van der Waals surface area (Å²) in [4.78, 5) is 13.1. The van der Waals surface area contributed by atoms with Gasteiger partial charge in [-0.05, 0) is 42.4 Å². The molecule has 0 aliphatic heterocycles. The van der Waals surface area contributed by atoms with Crippen LogP contribution in [0.1, 0.15) is 21.5 Å². The molecule has 1 N–H and O–H groups in total. The van der Waals surface area contributed by atoms with Crippen molar-refractivity contribution in [3.05, 3.63) is 70.2 Å². The molecular weight excluding hydrogens is 274 g/mol. The second-order valence-corrected chi connectivity index (χ2v) is 5.24. The number of carbonyl (C=O) groups is 1. The van der Waals surface area contributed by atoms with Crippen LogP contribution in [0.2, 0.25) is 5.02 Å². The molecule has 0 unspecified atom stereocenters. The zero-order valence-electron chi connectivity index (χ0n) is 11.2. The van der Waals surface area contributed by atoms with Crippen molar-refractivity contribution < 1.29 is 9.90 Å². The van der Waals surface area contributed by atoms with Crippen molar-refractivity contribution in [2.24, 2.45) is 0 Å². The number of carboxylic acids is 1. The molecule has 2 aromatic carbocycles. The molecule has 0 aliphatic rings. The molecule has 0 saturated heterocycles. The number of nitrogens with zero attached hydrogens (tertiary/aromatic N) is 1. The molecular formula is C16H16ClNO2. The summed E-state index contributed by atoms with van der Waals surface area (Å²) >= 11 is 5.86. The predicted octanol–water partition coefficient (Wildman–Crippen LogP) is 3.67. The van der Waals surface area contributed by atoms with Gasteiger partial charge < -0.3 is 5.11 Å². The van der Waals surface area contributed by atoms with Crippen molar-refractivity contribution in [1.29, 1.82) is 0 Å². The van der Waals surface area contributed by atoms with Crippen LogP contribution in [-0.4, -0.2) is 23.0 Å². The number of rotatable bonds is 5. The Hall–Kier alpha value is -1.84. The van der Waals surface area contributed by atoms with Crippen molar-refractivity contribution in [2.75, 3.05) is 7.05 Å². The molecule has 0 aromatic heterocycles. The topological polar surface area (TPSA) is 40.5 Å². The normalized spacial score (nSPS) is 10.8. The highest BCUT2D eigenvalue weighted by atomic mass is 35.5. The predicted molar refractivity (Wildman–Crippen MR) is 80.0 cm³/mol. The molecule has 0 radical (unpaired) electrons. The lowest BCUT2D eigenvalue weighted by atomic mass is 10.1. The van der Waals surface area contributed by atoms with Crippen LogP contribution in [0.3, 0.4) is 0 Å². The number of halogens is 1. The lowest BCUT2D eigenvalue weighted by Crippen LogP contribution is -2.17. The Morgan fingerprint density at radius 1 is 1.10 bits per heavy atom. The van der Waals surface area contributed by atoms with Crippen LogP contribution in [0.4, 0.5) is 0 Å². The fraction of sp³-hybridized carbons (Fsp3) is 0.188. The summed E-state index contributed by atoms with van der Waals surface area (Å²) in [5, 5.41) is 9.71. The fourth-order valence-electron chi connectivity index (χ4n) is 2.07. The second kappa shape index (κ2) is 6.55. The molecule has 104 valence electrons.